The lowest BCUT2D eigenvalue weighted by Gasteiger charge is -2.18. The summed E-state index contributed by atoms with van der Waals surface area (Å²) in [5.41, 5.74) is 1.29. The van der Waals surface area contributed by atoms with Gasteiger partial charge < -0.3 is 15.0 Å². The molecular formula is C15H25BrN2O. The third kappa shape index (κ3) is 6.41. The lowest BCUT2D eigenvalue weighted by molar-refractivity contribution is 0.321. The summed E-state index contributed by atoms with van der Waals surface area (Å²) in [6.45, 7) is 8.58. The molecule has 108 valence electrons. The van der Waals surface area contributed by atoms with E-state index in [9.17, 15) is 0 Å². The number of hydrogen-bond acceptors (Lipinski definition) is 3. The molecule has 0 amide bonds. The Kier molecular flexibility index (Phi) is 7.42. The van der Waals surface area contributed by atoms with Crippen LogP contribution in [0.15, 0.2) is 22.7 Å². The van der Waals surface area contributed by atoms with Gasteiger partial charge in [-0.15, -0.1) is 0 Å². The number of ether oxygens (including phenoxy) is 1. The number of rotatable bonds is 8. The van der Waals surface area contributed by atoms with Gasteiger partial charge in [0.1, 0.15) is 5.75 Å². The van der Waals surface area contributed by atoms with Crippen LogP contribution in [0.1, 0.15) is 19.4 Å². The molecule has 0 saturated carbocycles. The molecule has 0 atom stereocenters. The molecule has 1 aromatic carbocycles. The summed E-state index contributed by atoms with van der Waals surface area (Å²) in [5, 5.41) is 3.46. The molecule has 1 N–H and O–H groups in total. The molecule has 0 heterocycles. The molecule has 0 fully saturated rings. The van der Waals surface area contributed by atoms with E-state index < -0.39 is 0 Å². The normalized spacial score (nSPS) is 11.3. The van der Waals surface area contributed by atoms with E-state index in [1.165, 1.54) is 5.56 Å². The highest BCUT2D eigenvalue weighted by Gasteiger charge is 2.04. The average molecular weight is 329 g/mol. The Morgan fingerprint density at radius 3 is 2.68 bits per heavy atom. The van der Waals surface area contributed by atoms with Crippen LogP contribution in [-0.2, 0) is 6.54 Å². The molecule has 19 heavy (non-hydrogen) atoms. The first-order valence-corrected chi connectivity index (χ1v) is 7.54. The Morgan fingerprint density at radius 2 is 2.11 bits per heavy atom. The van der Waals surface area contributed by atoms with Gasteiger partial charge in [-0.05, 0) is 53.1 Å². The first-order valence-electron chi connectivity index (χ1n) is 6.74. The molecule has 0 unspecified atom stereocenters. The molecule has 0 aliphatic rings. The summed E-state index contributed by atoms with van der Waals surface area (Å²) in [5.74, 6) is 1.59. The quantitative estimate of drug-likeness (QED) is 0.742. The Labute approximate surface area is 125 Å². The van der Waals surface area contributed by atoms with Crippen LogP contribution >= 0.6 is 15.9 Å². The molecular weight excluding hydrogens is 304 g/mol. The van der Waals surface area contributed by atoms with Crippen LogP contribution < -0.4 is 10.1 Å². The van der Waals surface area contributed by atoms with Crippen LogP contribution in [0.3, 0.4) is 0 Å². The van der Waals surface area contributed by atoms with Crippen molar-refractivity contribution in [3.05, 3.63) is 28.2 Å². The lowest BCUT2D eigenvalue weighted by atomic mass is 10.2. The summed E-state index contributed by atoms with van der Waals surface area (Å²) in [6, 6.07) is 6.24. The van der Waals surface area contributed by atoms with Crippen molar-refractivity contribution in [2.75, 3.05) is 33.8 Å². The summed E-state index contributed by atoms with van der Waals surface area (Å²) < 4.78 is 6.25. The maximum Gasteiger partial charge on any atom is 0.133 e. The summed E-state index contributed by atoms with van der Waals surface area (Å²) in [4.78, 5) is 2.32. The van der Waals surface area contributed by atoms with Gasteiger partial charge in [0.2, 0.25) is 0 Å². The molecule has 0 aliphatic carbocycles. The number of halogens is 1. The van der Waals surface area contributed by atoms with E-state index in [0.29, 0.717) is 5.92 Å². The van der Waals surface area contributed by atoms with Crippen molar-refractivity contribution in [3.63, 3.8) is 0 Å². The Bertz CT molecular complexity index is 382. The number of likely N-dealkylation sites (N-methyl/N-ethyl adjacent to an activating group) is 1. The van der Waals surface area contributed by atoms with Crippen molar-refractivity contribution in [2.45, 2.75) is 20.4 Å². The third-order valence-corrected chi connectivity index (χ3v) is 3.51. The first kappa shape index (κ1) is 16.5. The largest absolute Gasteiger partial charge is 0.496 e. The highest BCUT2D eigenvalue weighted by Crippen LogP contribution is 2.25. The van der Waals surface area contributed by atoms with Crippen LogP contribution in [-0.4, -0.2) is 38.7 Å². The van der Waals surface area contributed by atoms with Gasteiger partial charge in [-0.25, -0.2) is 0 Å². The van der Waals surface area contributed by atoms with Gasteiger partial charge in [0.05, 0.1) is 11.6 Å². The zero-order valence-electron chi connectivity index (χ0n) is 12.4. The zero-order chi connectivity index (χ0) is 14.3. The molecule has 3 nitrogen and oxygen atoms in total. The van der Waals surface area contributed by atoms with Gasteiger partial charge in [-0.3, -0.25) is 0 Å². The Hall–Kier alpha value is -0.580. The zero-order valence-corrected chi connectivity index (χ0v) is 14.0. The summed E-state index contributed by atoms with van der Waals surface area (Å²) in [6.07, 6.45) is 0. The predicted molar refractivity (Wildman–Crippen MR) is 84.7 cm³/mol. The van der Waals surface area contributed by atoms with Crippen LogP contribution in [0.2, 0.25) is 0 Å². The molecule has 0 aromatic heterocycles. The van der Waals surface area contributed by atoms with Gasteiger partial charge in [0, 0.05) is 19.6 Å². The van der Waals surface area contributed by atoms with Crippen molar-refractivity contribution < 1.29 is 4.74 Å². The van der Waals surface area contributed by atoms with Crippen molar-refractivity contribution in [2.24, 2.45) is 5.92 Å². The van der Waals surface area contributed by atoms with Gasteiger partial charge in [0.15, 0.2) is 0 Å². The molecule has 4 heteroatoms. The van der Waals surface area contributed by atoms with Gasteiger partial charge in [-0.2, -0.15) is 0 Å². The fourth-order valence-corrected chi connectivity index (χ4v) is 2.45. The predicted octanol–water partition coefficient (Wildman–Crippen LogP) is 3.14. The highest BCUT2D eigenvalue weighted by molar-refractivity contribution is 9.10. The molecule has 0 spiro atoms. The third-order valence-electron chi connectivity index (χ3n) is 2.89. The van der Waals surface area contributed by atoms with Crippen LogP contribution in [0, 0.1) is 5.92 Å². The Balaban J connectivity index is 2.35. The van der Waals surface area contributed by atoms with Gasteiger partial charge >= 0.3 is 0 Å². The summed E-state index contributed by atoms with van der Waals surface area (Å²) >= 11 is 3.52. The van der Waals surface area contributed by atoms with Gasteiger partial charge in [-0.1, -0.05) is 19.9 Å². The minimum Gasteiger partial charge on any atom is -0.496 e. The second kappa shape index (κ2) is 8.56. The molecule has 1 aromatic rings. The standard InChI is InChI=1S/C15H25BrN2O/c1-12(2)10-17-7-8-18(3)11-13-5-6-15(19-4)14(16)9-13/h5-6,9,12,17H,7-8,10-11H2,1-4H3. The van der Waals surface area contributed by atoms with E-state index in [0.717, 1.165) is 36.4 Å². The molecule has 0 aliphatic heterocycles. The van der Waals surface area contributed by atoms with Gasteiger partial charge in [0.25, 0.3) is 0 Å². The molecule has 0 saturated heterocycles. The number of hydrogen-bond donors (Lipinski definition) is 1. The van der Waals surface area contributed by atoms with E-state index in [-0.39, 0.29) is 0 Å². The average Bonchev–Trinajstić information content (AvgIpc) is 2.35. The number of benzene rings is 1. The molecule has 1 rings (SSSR count). The highest BCUT2D eigenvalue weighted by atomic mass is 79.9. The SMILES string of the molecule is COc1ccc(CN(C)CCNCC(C)C)cc1Br. The van der Waals surface area contributed by atoms with Crippen molar-refractivity contribution >= 4 is 15.9 Å². The first-order chi connectivity index (χ1) is 9.02. The number of methoxy groups -OCH3 is 1. The smallest absolute Gasteiger partial charge is 0.133 e. The Morgan fingerprint density at radius 1 is 1.37 bits per heavy atom. The maximum atomic E-state index is 5.24. The fourth-order valence-electron chi connectivity index (χ4n) is 1.86. The topological polar surface area (TPSA) is 24.5 Å². The van der Waals surface area contributed by atoms with E-state index in [1.54, 1.807) is 7.11 Å². The van der Waals surface area contributed by atoms with E-state index in [1.807, 2.05) is 6.07 Å². The van der Waals surface area contributed by atoms with Crippen molar-refractivity contribution in [1.29, 1.82) is 0 Å². The van der Waals surface area contributed by atoms with Crippen molar-refractivity contribution in [1.82, 2.24) is 10.2 Å². The van der Waals surface area contributed by atoms with Crippen LogP contribution in [0.25, 0.3) is 0 Å². The second-order valence-corrected chi connectivity index (χ2v) is 6.16. The van der Waals surface area contributed by atoms with E-state index in [4.69, 9.17) is 4.74 Å². The van der Waals surface area contributed by atoms with Crippen LogP contribution in [0.5, 0.6) is 5.75 Å². The molecule has 0 bridgehead atoms. The molecule has 0 radical (unpaired) electrons. The minimum atomic E-state index is 0.711. The summed E-state index contributed by atoms with van der Waals surface area (Å²) in [7, 11) is 3.83. The minimum absolute atomic E-state index is 0.711. The number of nitrogens with zero attached hydrogens (tertiary/aromatic N) is 1. The van der Waals surface area contributed by atoms with Crippen LogP contribution in [0.4, 0.5) is 0 Å². The lowest BCUT2D eigenvalue weighted by Crippen LogP contribution is -2.30. The maximum absolute atomic E-state index is 5.24. The fraction of sp³-hybridized carbons (Fsp3) is 0.600. The van der Waals surface area contributed by atoms with E-state index in [2.05, 4.69) is 59.2 Å². The number of nitrogens with one attached hydrogen (secondary N) is 1. The van der Waals surface area contributed by atoms with E-state index >= 15 is 0 Å². The second-order valence-electron chi connectivity index (χ2n) is 5.30. The van der Waals surface area contributed by atoms with Crippen molar-refractivity contribution in [3.8, 4) is 5.75 Å². The monoisotopic (exact) mass is 328 g/mol.